The zero-order chi connectivity index (χ0) is 17.4. The quantitative estimate of drug-likeness (QED) is 0.898. The Morgan fingerprint density at radius 3 is 2.48 bits per heavy atom. The Morgan fingerprint density at radius 1 is 1.12 bits per heavy atom. The molecule has 2 N–H and O–H groups in total. The molecule has 0 saturated carbocycles. The van der Waals surface area contributed by atoms with Gasteiger partial charge in [0.25, 0.3) is 5.91 Å². The Hall–Kier alpha value is -2.27. The number of amides is 1. The van der Waals surface area contributed by atoms with Gasteiger partial charge >= 0.3 is 0 Å². The summed E-state index contributed by atoms with van der Waals surface area (Å²) in [5.41, 5.74) is 2.01. The van der Waals surface area contributed by atoms with Gasteiger partial charge in [0.05, 0.1) is 0 Å². The van der Waals surface area contributed by atoms with Crippen molar-refractivity contribution < 1.29 is 9.21 Å². The third-order valence-corrected chi connectivity index (χ3v) is 5.76. The molecule has 1 aromatic carbocycles. The van der Waals surface area contributed by atoms with Crippen LogP contribution in [0.3, 0.4) is 0 Å². The Bertz CT molecular complexity index is 743. The maximum atomic E-state index is 12.6. The third kappa shape index (κ3) is 3.04. The van der Waals surface area contributed by atoms with Gasteiger partial charge in [-0.3, -0.25) is 9.69 Å². The fourth-order valence-electron chi connectivity index (χ4n) is 4.18. The number of anilines is 1. The van der Waals surface area contributed by atoms with Crippen LogP contribution in [0.5, 0.6) is 0 Å². The lowest BCUT2D eigenvalue weighted by Crippen LogP contribution is -2.62. The lowest BCUT2D eigenvalue weighted by molar-refractivity contribution is 0.0211. The first-order chi connectivity index (χ1) is 12.2. The van der Waals surface area contributed by atoms with Crippen molar-refractivity contribution in [2.75, 3.05) is 25.5 Å². The van der Waals surface area contributed by atoms with Crippen molar-refractivity contribution in [3.63, 3.8) is 0 Å². The molecule has 0 radical (unpaired) electrons. The maximum Gasteiger partial charge on any atom is 0.287 e. The summed E-state index contributed by atoms with van der Waals surface area (Å²) in [4.78, 5) is 15.1. The molecule has 2 bridgehead atoms. The average molecular weight is 339 g/mol. The van der Waals surface area contributed by atoms with Crippen LogP contribution in [0.25, 0.3) is 11.3 Å². The van der Waals surface area contributed by atoms with E-state index >= 15 is 0 Å². The molecule has 1 amide bonds. The van der Waals surface area contributed by atoms with Gasteiger partial charge in [-0.2, -0.15) is 0 Å². The van der Waals surface area contributed by atoms with E-state index in [0.29, 0.717) is 17.7 Å². The summed E-state index contributed by atoms with van der Waals surface area (Å²) < 4.78 is 5.82. The zero-order valence-corrected chi connectivity index (χ0v) is 14.8. The molecule has 2 unspecified atom stereocenters. The highest BCUT2D eigenvalue weighted by Gasteiger charge is 2.40. The second kappa shape index (κ2) is 6.56. The normalized spacial score (nSPS) is 27.9. The number of carbonyl (C=O) groups excluding carboxylic acids is 1. The first kappa shape index (κ1) is 16.2. The van der Waals surface area contributed by atoms with Crippen LogP contribution in [0, 0.1) is 5.92 Å². The molecule has 3 aliphatic rings. The smallest absolute Gasteiger partial charge is 0.287 e. The lowest BCUT2D eigenvalue weighted by atomic mass is 9.79. The highest BCUT2D eigenvalue weighted by atomic mass is 16.3. The number of nitrogens with one attached hydrogen (secondary N) is 2. The van der Waals surface area contributed by atoms with Gasteiger partial charge in [0, 0.05) is 30.4 Å². The van der Waals surface area contributed by atoms with Crippen LogP contribution in [-0.4, -0.2) is 43.0 Å². The fourth-order valence-corrected chi connectivity index (χ4v) is 4.18. The summed E-state index contributed by atoms with van der Waals surface area (Å²) in [6, 6.07) is 12.2. The van der Waals surface area contributed by atoms with Gasteiger partial charge in [0.1, 0.15) is 5.76 Å². The number of benzene rings is 1. The first-order valence-corrected chi connectivity index (χ1v) is 9.08. The standard InChI is InChI=1S/C20H25N3O2/c1-13-19(15-9-11-23(13)12-10-15)22-20(24)18-8-7-17(25-18)14-3-5-16(21-2)6-4-14/h3-8,13,15,19,21H,9-12H2,1-2H3,(H,22,24). The predicted octanol–water partition coefficient (Wildman–Crippen LogP) is 3.20. The number of hydrogen-bond donors (Lipinski definition) is 2. The molecule has 4 heterocycles. The summed E-state index contributed by atoms with van der Waals surface area (Å²) in [5.74, 6) is 1.59. The Balaban J connectivity index is 1.47. The van der Waals surface area contributed by atoms with Gasteiger partial charge in [0.15, 0.2) is 5.76 Å². The van der Waals surface area contributed by atoms with Gasteiger partial charge in [0.2, 0.25) is 0 Å². The number of hydrogen-bond acceptors (Lipinski definition) is 4. The van der Waals surface area contributed by atoms with Gasteiger partial charge in [-0.25, -0.2) is 0 Å². The first-order valence-electron chi connectivity index (χ1n) is 9.08. The summed E-state index contributed by atoms with van der Waals surface area (Å²) in [7, 11) is 1.89. The van der Waals surface area contributed by atoms with Crippen LogP contribution in [0.15, 0.2) is 40.8 Å². The van der Waals surface area contributed by atoms with Crippen molar-refractivity contribution in [2.45, 2.75) is 31.8 Å². The van der Waals surface area contributed by atoms with E-state index in [4.69, 9.17) is 4.42 Å². The Labute approximate surface area is 148 Å². The summed E-state index contributed by atoms with van der Waals surface area (Å²) in [6.45, 7) is 4.53. The SMILES string of the molecule is CNc1ccc(-c2ccc(C(=O)NC3C4CCN(CC4)C3C)o2)cc1. The van der Waals surface area contributed by atoms with Crippen molar-refractivity contribution >= 4 is 11.6 Å². The minimum absolute atomic E-state index is 0.108. The number of fused-ring (bicyclic) bond motifs is 3. The van der Waals surface area contributed by atoms with E-state index in [0.717, 1.165) is 30.1 Å². The van der Waals surface area contributed by atoms with Crippen LogP contribution in [0.2, 0.25) is 0 Å². The zero-order valence-electron chi connectivity index (χ0n) is 14.8. The predicted molar refractivity (Wildman–Crippen MR) is 98.7 cm³/mol. The van der Waals surface area contributed by atoms with Crippen LogP contribution in [0.4, 0.5) is 5.69 Å². The van der Waals surface area contributed by atoms with E-state index in [2.05, 4.69) is 22.5 Å². The molecule has 3 fully saturated rings. The topological polar surface area (TPSA) is 57.5 Å². The van der Waals surface area contributed by atoms with Gasteiger partial charge in [-0.1, -0.05) is 0 Å². The van der Waals surface area contributed by atoms with Crippen molar-refractivity contribution in [3.8, 4) is 11.3 Å². The number of piperidine rings is 3. The molecule has 2 aromatic rings. The fraction of sp³-hybridized carbons (Fsp3) is 0.450. The van der Waals surface area contributed by atoms with E-state index in [9.17, 15) is 4.79 Å². The number of rotatable bonds is 4. The van der Waals surface area contributed by atoms with E-state index in [1.165, 1.54) is 12.8 Å². The van der Waals surface area contributed by atoms with Gasteiger partial charge < -0.3 is 15.1 Å². The molecule has 3 aliphatic heterocycles. The molecular weight excluding hydrogens is 314 g/mol. The molecule has 5 heteroatoms. The second-order valence-electron chi connectivity index (χ2n) is 7.10. The Morgan fingerprint density at radius 2 is 1.84 bits per heavy atom. The van der Waals surface area contributed by atoms with Crippen LogP contribution in [0.1, 0.15) is 30.3 Å². The van der Waals surface area contributed by atoms with E-state index in [-0.39, 0.29) is 11.9 Å². The van der Waals surface area contributed by atoms with Gasteiger partial charge in [-0.05, 0) is 75.2 Å². The Kier molecular flexibility index (Phi) is 4.25. The summed E-state index contributed by atoms with van der Waals surface area (Å²) >= 11 is 0. The second-order valence-corrected chi connectivity index (χ2v) is 7.10. The molecule has 25 heavy (non-hydrogen) atoms. The third-order valence-electron chi connectivity index (χ3n) is 5.76. The molecule has 3 saturated heterocycles. The number of furan rings is 1. The van der Waals surface area contributed by atoms with Crippen molar-refractivity contribution in [1.29, 1.82) is 0 Å². The highest BCUT2D eigenvalue weighted by Crippen LogP contribution is 2.32. The van der Waals surface area contributed by atoms with Crippen molar-refractivity contribution in [1.82, 2.24) is 10.2 Å². The maximum absolute atomic E-state index is 12.6. The summed E-state index contributed by atoms with van der Waals surface area (Å²) in [6.07, 6.45) is 2.35. The number of carbonyl (C=O) groups is 1. The molecule has 1 aromatic heterocycles. The van der Waals surface area contributed by atoms with Gasteiger partial charge in [-0.15, -0.1) is 0 Å². The molecule has 2 atom stereocenters. The molecule has 0 aliphatic carbocycles. The number of nitrogens with zero attached hydrogens (tertiary/aromatic N) is 1. The molecule has 132 valence electrons. The minimum Gasteiger partial charge on any atom is -0.451 e. The molecular formula is C20H25N3O2. The van der Waals surface area contributed by atoms with E-state index in [1.54, 1.807) is 6.07 Å². The summed E-state index contributed by atoms with van der Waals surface area (Å²) in [5, 5.41) is 6.31. The molecule has 0 spiro atoms. The minimum atomic E-state index is -0.108. The van der Waals surface area contributed by atoms with Crippen LogP contribution < -0.4 is 10.6 Å². The van der Waals surface area contributed by atoms with Crippen LogP contribution in [-0.2, 0) is 0 Å². The molecule has 5 nitrogen and oxygen atoms in total. The average Bonchev–Trinajstić information content (AvgIpc) is 3.15. The lowest BCUT2D eigenvalue weighted by Gasteiger charge is -2.49. The molecule has 5 rings (SSSR count). The van der Waals surface area contributed by atoms with Crippen molar-refractivity contribution in [2.24, 2.45) is 5.92 Å². The highest BCUT2D eigenvalue weighted by molar-refractivity contribution is 5.92. The van der Waals surface area contributed by atoms with E-state index < -0.39 is 0 Å². The van der Waals surface area contributed by atoms with E-state index in [1.807, 2.05) is 37.4 Å². The largest absolute Gasteiger partial charge is 0.451 e. The van der Waals surface area contributed by atoms with Crippen LogP contribution >= 0.6 is 0 Å². The van der Waals surface area contributed by atoms with Crippen molar-refractivity contribution in [3.05, 3.63) is 42.2 Å². The monoisotopic (exact) mass is 339 g/mol.